The van der Waals surface area contributed by atoms with Gasteiger partial charge in [0.1, 0.15) is 0 Å². The third kappa shape index (κ3) is 0.833. The van der Waals surface area contributed by atoms with Gasteiger partial charge in [-0.2, -0.15) is 4.57 Å². The number of nitrogens with zero attached hydrogens (tertiary/aromatic N) is 1. The molecule has 2 heterocycles. The topological polar surface area (TPSA) is 3.88 Å². The molecule has 0 saturated heterocycles. The summed E-state index contributed by atoms with van der Waals surface area (Å²) >= 11 is 0. The molecular formula is C16H14N+. The summed E-state index contributed by atoms with van der Waals surface area (Å²) in [5.41, 5.74) is 9.49. The van der Waals surface area contributed by atoms with Crippen LogP contribution in [0.5, 0.6) is 0 Å². The molecule has 1 unspecified atom stereocenters. The first-order valence-electron chi connectivity index (χ1n) is 6.60. The van der Waals surface area contributed by atoms with Crippen LogP contribution < -0.4 is 4.57 Å². The van der Waals surface area contributed by atoms with Crippen LogP contribution in [0.4, 0.5) is 0 Å². The summed E-state index contributed by atoms with van der Waals surface area (Å²) in [6.07, 6.45) is 14.3. The van der Waals surface area contributed by atoms with Crippen molar-refractivity contribution in [1.29, 1.82) is 0 Å². The molecule has 0 amide bonds. The summed E-state index contributed by atoms with van der Waals surface area (Å²) in [4.78, 5) is 0. The van der Waals surface area contributed by atoms with Crippen LogP contribution in [0.1, 0.15) is 42.1 Å². The fourth-order valence-corrected chi connectivity index (χ4v) is 4.10. The van der Waals surface area contributed by atoms with E-state index in [-0.39, 0.29) is 0 Å². The number of pyridine rings is 1. The van der Waals surface area contributed by atoms with Gasteiger partial charge in [-0.15, -0.1) is 0 Å². The van der Waals surface area contributed by atoms with Crippen molar-refractivity contribution < 1.29 is 4.57 Å². The lowest BCUT2D eigenvalue weighted by Crippen LogP contribution is -2.39. The number of rotatable bonds is 0. The Labute approximate surface area is 101 Å². The Bertz CT molecular complexity index is 658. The molecule has 1 saturated carbocycles. The number of hydrogen-bond donors (Lipinski definition) is 0. The molecule has 1 aliphatic heterocycles. The lowest BCUT2D eigenvalue weighted by molar-refractivity contribution is -0.710. The van der Waals surface area contributed by atoms with Gasteiger partial charge < -0.3 is 0 Å². The van der Waals surface area contributed by atoms with Gasteiger partial charge in [-0.05, 0) is 30.4 Å². The molecule has 0 N–H and O–H groups in total. The number of allylic oxidation sites excluding steroid dienone is 5. The predicted molar refractivity (Wildman–Crippen MR) is 67.3 cm³/mol. The van der Waals surface area contributed by atoms with Crippen molar-refractivity contribution >= 4 is 11.6 Å². The molecule has 17 heavy (non-hydrogen) atoms. The summed E-state index contributed by atoms with van der Waals surface area (Å²) in [5.74, 6) is 0. The molecule has 1 heteroatoms. The minimum atomic E-state index is 0.660. The summed E-state index contributed by atoms with van der Waals surface area (Å²) in [5, 5.41) is 0. The highest BCUT2D eigenvalue weighted by molar-refractivity contribution is 5.83. The maximum Gasteiger partial charge on any atom is 0.217 e. The molecule has 1 aromatic heterocycles. The predicted octanol–water partition coefficient (Wildman–Crippen LogP) is 2.98. The molecule has 1 atom stereocenters. The zero-order valence-electron chi connectivity index (χ0n) is 9.74. The zero-order chi connectivity index (χ0) is 11.0. The summed E-state index contributed by atoms with van der Waals surface area (Å²) in [7, 11) is 0. The van der Waals surface area contributed by atoms with Gasteiger partial charge in [0.05, 0.1) is 0 Å². The van der Waals surface area contributed by atoms with Gasteiger partial charge in [0.2, 0.25) is 5.69 Å². The molecule has 1 nitrogen and oxygen atoms in total. The van der Waals surface area contributed by atoms with E-state index in [0.29, 0.717) is 6.04 Å². The Morgan fingerprint density at radius 3 is 3.24 bits per heavy atom. The third-order valence-electron chi connectivity index (χ3n) is 4.78. The maximum absolute atomic E-state index is 2.54. The van der Waals surface area contributed by atoms with E-state index in [1.807, 2.05) is 0 Å². The Balaban J connectivity index is 1.88. The smallest absolute Gasteiger partial charge is 0.191 e. The largest absolute Gasteiger partial charge is 0.217 e. The molecule has 1 aromatic rings. The minimum absolute atomic E-state index is 0.660. The van der Waals surface area contributed by atoms with Crippen molar-refractivity contribution in [3.8, 4) is 0 Å². The molecule has 5 rings (SSSR count). The van der Waals surface area contributed by atoms with Crippen LogP contribution in [0.2, 0.25) is 0 Å². The Morgan fingerprint density at radius 1 is 1.24 bits per heavy atom. The first kappa shape index (κ1) is 8.46. The van der Waals surface area contributed by atoms with E-state index in [1.165, 1.54) is 36.1 Å². The first-order chi connectivity index (χ1) is 8.43. The quantitative estimate of drug-likeness (QED) is 0.592. The van der Waals surface area contributed by atoms with Crippen molar-refractivity contribution in [1.82, 2.24) is 0 Å². The van der Waals surface area contributed by atoms with E-state index in [9.17, 15) is 0 Å². The lowest BCUT2D eigenvalue weighted by Gasteiger charge is -2.06. The molecule has 3 aliphatic carbocycles. The van der Waals surface area contributed by atoms with Crippen LogP contribution in [-0.4, -0.2) is 0 Å². The van der Waals surface area contributed by atoms with Gasteiger partial charge in [0.25, 0.3) is 0 Å². The molecule has 0 aromatic carbocycles. The van der Waals surface area contributed by atoms with Gasteiger partial charge in [-0.25, -0.2) is 0 Å². The Morgan fingerprint density at radius 2 is 2.24 bits per heavy atom. The Kier molecular flexibility index (Phi) is 1.30. The monoisotopic (exact) mass is 220 g/mol. The van der Waals surface area contributed by atoms with Crippen molar-refractivity contribution in [3.05, 3.63) is 52.4 Å². The average molecular weight is 220 g/mol. The SMILES string of the molecule is C1=Cc2c(cc[n+]3c2C2=C4C(=CC2)CCC43)C1. The average Bonchev–Trinajstić information content (AvgIpc) is 3.07. The molecule has 0 bridgehead atoms. The van der Waals surface area contributed by atoms with E-state index >= 15 is 0 Å². The minimum Gasteiger partial charge on any atom is -0.191 e. The van der Waals surface area contributed by atoms with Gasteiger partial charge in [0, 0.05) is 29.2 Å². The van der Waals surface area contributed by atoms with Gasteiger partial charge in [0.15, 0.2) is 12.2 Å². The van der Waals surface area contributed by atoms with Crippen molar-refractivity contribution in [2.75, 3.05) is 0 Å². The van der Waals surface area contributed by atoms with Crippen LogP contribution in [0.15, 0.2) is 35.6 Å². The highest BCUT2D eigenvalue weighted by Crippen LogP contribution is 2.51. The van der Waals surface area contributed by atoms with E-state index in [0.717, 1.165) is 6.42 Å². The second-order valence-electron chi connectivity index (χ2n) is 5.50. The Hall–Kier alpha value is -1.63. The van der Waals surface area contributed by atoms with E-state index < -0.39 is 0 Å². The molecule has 1 fully saturated rings. The highest BCUT2D eigenvalue weighted by Gasteiger charge is 2.47. The van der Waals surface area contributed by atoms with E-state index in [4.69, 9.17) is 0 Å². The summed E-state index contributed by atoms with van der Waals surface area (Å²) in [6, 6.07) is 2.98. The standard InChI is InChI=1S/C16H14N/c1-2-10-8-9-17-14-7-5-11-4-6-13(15(11)14)16(17)12(10)3-1/h1,3-4,8-9,14H,2,5-7H2/q+1. The third-order valence-corrected chi connectivity index (χ3v) is 4.78. The van der Waals surface area contributed by atoms with E-state index in [2.05, 4.69) is 35.1 Å². The van der Waals surface area contributed by atoms with Gasteiger partial charge in [-0.1, -0.05) is 18.2 Å². The van der Waals surface area contributed by atoms with Gasteiger partial charge in [-0.3, -0.25) is 0 Å². The van der Waals surface area contributed by atoms with Crippen LogP contribution in [0.25, 0.3) is 11.6 Å². The number of aromatic nitrogens is 1. The fourth-order valence-electron chi connectivity index (χ4n) is 4.10. The summed E-state index contributed by atoms with van der Waals surface area (Å²) < 4.78 is 2.54. The molecular weight excluding hydrogens is 206 g/mol. The van der Waals surface area contributed by atoms with E-state index in [1.54, 1.807) is 16.7 Å². The van der Waals surface area contributed by atoms with Crippen molar-refractivity contribution in [3.63, 3.8) is 0 Å². The molecule has 4 aliphatic rings. The van der Waals surface area contributed by atoms with Crippen molar-refractivity contribution in [2.45, 2.75) is 31.7 Å². The fraction of sp³-hybridized carbons (Fsp3) is 0.312. The second kappa shape index (κ2) is 2.61. The lowest BCUT2D eigenvalue weighted by atomic mass is 10.0. The molecule has 0 spiro atoms. The van der Waals surface area contributed by atoms with Crippen LogP contribution in [0, 0.1) is 0 Å². The van der Waals surface area contributed by atoms with Gasteiger partial charge >= 0.3 is 0 Å². The first-order valence-corrected chi connectivity index (χ1v) is 6.60. The number of hydrogen-bond acceptors (Lipinski definition) is 0. The number of fused-ring (bicyclic) bond motifs is 5. The van der Waals surface area contributed by atoms with Crippen LogP contribution in [-0.2, 0) is 6.42 Å². The van der Waals surface area contributed by atoms with Crippen molar-refractivity contribution in [2.24, 2.45) is 0 Å². The zero-order valence-corrected chi connectivity index (χ0v) is 9.74. The van der Waals surface area contributed by atoms with Crippen LogP contribution in [0.3, 0.4) is 0 Å². The summed E-state index contributed by atoms with van der Waals surface area (Å²) in [6.45, 7) is 0. The maximum atomic E-state index is 2.54. The highest BCUT2D eigenvalue weighted by atomic mass is 15.0. The second-order valence-corrected chi connectivity index (χ2v) is 5.50. The normalized spacial score (nSPS) is 26.4. The van der Waals surface area contributed by atoms with Crippen LogP contribution >= 0.6 is 0 Å². The molecule has 82 valence electrons. The molecule has 0 radical (unpaired) electrons.